The van der Waals surface area contributed by atoms with E-state index >= 15 is 0 Å². The van der Waals surface area contributed by atoms with Crippen LogP contribution in [-0.2, 0) is 0 Å². The lowest BCUT2D eigenvalue weighted by Gasteiger charge is -1.96. The van der Waals surface area contributed by atoms with Gasteiger partial charge in [-0.1, -0.05) is 70.1 Å². The topological polar surface area (TPSA) is 38.9 Å². The number of hydrogen-bond donors (Lipinski definition) is 1. The van der Waals surface area contributed by atoms with Gasteiger partial charge < -0.3 is 5.73 Å². The summed E-state index contributed by atoms with van der Waals surface area (Å²) < 4.78 is 0. The van der Waals surface area contributed by atoms with E-state index in [1.165, 1.54) is 38.5 Å². The molecule has 1 heterocycles. The molecule has 2 heteroatoms. The van der Waals surface area contributed by atoms with Crippen molar-refractivity contribution in [2.45, 2.75) is 78.1 Å². The van der Waals surface area contributed by atoms with Gasteiger partial charge in [0.25, 0.3) is 0 Å². The number of nitrogens with two attached hydrogens (primary N) is 1. The molecule has 140 valence electrons. The molecule has 0 saturated heterocycles. The van der Waals surface area contributed by atoms with E-state index in [2.05, 4.69) is 66.2 Å². The van der Waals surface area contributed by atoms with E-state index < -0.39 is 0 Å². The van der Waals surface area contributed by atoms with Crippen molar-refractivity contribution in [1.82, 2.24) is 4.98 Å². The second-order valence-electron chi connectivity index (χ2n) is 6.38. The fourth-order valence-corrected chi connectivity index (χ4v) is 2.34. The Hall–Kier alpha value is -2.81. The number of pyridine rings is 1. The zero-order valence-corrected chi connectivity index (χ0v) is 16.8. The third-order valence-corrected chi connectivity index (χ3v) is 3.93. The maximum Gasteiger partial charge on any atom is 0.139 e. The molecule has 0 spiro atoms. The third kappa shape index (κ3) is 11.4. The van der Waals surface area contributed by atoms with Gasteiger partial charge in [0.2, 0.25) is 0 Å². The molecule has 0 bridgehead atoms. The first kappa shape index (κ1) is 22.2. The first-order valence-corrected chi connectivity index (χ1v) is 10.0. The molecule has 0 radical (unpaired) electrons. The molecule has 0 aromatic carbocycles. The maximum atomic E-state index is 5.88. The molecule has 2 nitrogen and oxygen atoms in total. The van der Waals surface area contributed by atoms with Gasteiger partial charge >= 0.3 is 0 Å². The normalized spacial score (nSPS) is 8.81. The maximum absolute atomic E-state index is 5.88. The highest BCUT2D eigenvalue weighted by molar-refractivity contribution is 5.56. The van der Waals surface area contributed by atoms with Crippen LogP contribution in [0.3, 0.4) is 0 Å². The summed E-state index contributed by atoms with van der Waals surface area (Å²) in [5.74, 6) is 24.1. The van der Waals surface area contributed by atoms with Crippen LogP contribution in [0.1, 0.15) is 89.2 Å². The molecule has 0 unspecified atom stereocenters. The molecule has 0 saturated carbocycles. The highest BCUT2D eigenvalue weighted by Crippen LogP contribution is 2.08. The minimum atomic E-state index is 0.403. The monoisotopic (exact) mass is 358 g/mol. The van der Waals surface area contributed by atoms with Gasteiger partial charge in [0.1, 0.15) is 5.82 Å². The molecule has 27 heavy (non-hydrogen) atoms. The summed E-state index contributed by atoms with van der Waals surface area (Å²) in [4.78, 5) is 4.15. The lowest BCUT2D eigenvalue weighted by atomic mass is 10.1. The lowest BCUT2D eigenvalue weighted by molar-refractivity contribution is 0.680. The molecular formula is C25H30N2. The van der Waals surface area contributed by atoms with Gasteiger partial charge in [-0.3, -0.25) is 0 Å². The van der Waals surface area contributed by atoms with Crippen molar-refractivity contribution in [2.24, 2.45) is 0 Å². The molecule has 2 N–H and O–H groups in total. The van der Waals surface area contributed by atoms with Gasteiger partial charge in [-0.15, -0.1) is 0 Å². The minimum absolute atomic E-state index is 0.403. The fraction of sp³-hybridized carbons (Fsp3) is 0.480. The zero-order chi connectivity index (χ0) is 19.6. The van der Waals surface area contributed by atoms with Crippen molar-refractivity contribution >= 4 is 5.82 Å². The quantitative estimate of drug-likeness (QED) is 0.505. The van der Waals surface area contributed by atoms with Crippen LogP contribution in [0.4, 0.5) is 5.82 Å². The van der Waals surface area contributed by atoms with Gasteiger partial charge in [0.15, 0.2) is 0 Å². The highest BCUT2D eigenvalue weighted by Gasteiger charge is 1.97. The number of unbranched alkanes of at least 4 members (excludes halogenated alkanes) is 8. The third-order valence-electron chi connectivity index (χ3n) is 3.93. The van der Waals surface area contributed by atoms with E-state index in [9.17, 15) is 0 Å². The van der Waals surface area contributed by atoms with Crippen molar-refractivity contribution in [2.75, 3.05) is 5.73 Å². The van der Waals surface area contributed by atoms with Crippen molar-refractivity contribution in [3.63, 3.8) is 0 Å². The van der Waals surface area contributed by atoms with Crippen LogP contribution in [0.5, 0.6) is 0 Å². The summed E-state index contributed by atoms with van der Waals surface area (Å²) in [6.45, 7) is 4.41. The Kier molecular flexibility index (Phi) is 12.7. The Bertz CT molecular complexity index is 805. The van der Waals surface area contributed by atoms with Crippen molar-refractivity contribution in [1.29, 1.82) is 0 Å². The first-order valence-electron chi connectivity index (χ1n) is 10.0. The predicted molar refractivity (Wildman–Crippen MR) is 115 cm³/mol. The highest BCUT2D eigenvalue weighted by atomic mass is 14.8. The second kappa shape index (κ2) is 15.4. The number of aromatic nitrogens is 1. The second-order valence-corrected chi connectivity index (χ2v) is 6.38. The first-order chi connectivity index (χ1) is 13.3. The molecule has 0 fully saturated rings. The van der Waals surface area contributed by atoms with Crippen LogP contribution in [0.2, 0.25) is 0 Å². The van der Waals surface area contributed by atoms with E-state index in [0.717, 1.165) is 31.2 Å². The Labute approximate surface area is 165 Å². The van der Waals surface area contributed by atoms with Crippen LogP contribution in [-0.4, -0.2) is 4.98 Å². The molecule has 0 aliphatic rings. The molecule has 1 aromatic heterocycles. The number of nitrogen functional groups attached to an aromatic ring is 1. The van der Waals surface area contributed by atoms with Crippen LogP contribution in [0.15, 0.2) is 12.3 Å². The number of hydrogen-bond acceptors (Lipinski definition) is 2. The SMILES string of the molecule is CCCCCCC#CC#Cc1cnc(N)c(C#CC#CCCCCCC)c1. The van der Waals surface area contributed by atoms with E-state index in [0.29, 0.717) is 11.4 Å². The zero-order valence-electron chi connectivity index (χ0n) is 16.8. The molecular weight excluding hydrogens is 328 g/mol. The molecule has 0 atom stereocenters. The molecule has 0 aliphatic carbocycles. The summed E-state index contributed by atoms with van der Waals surface area (Å²) in [7, 11) is 0. The number of nitrogens with zero attached hydrogens (tertiary/aromatic N) is 1. The van der Waals surface area contributed by atoms with Gasteiger partial charge in [0.05, 0.1) is 5.56 Å². The van der Waals surface area contributed by atoms with Crippen molar-refractivity contribution < 1.29 is 0 Å². The number of anilines is 1. The van der Waals surface area contributed by atoms with E-state index in [-0.39, 0.29) is 0 Å². The van der Waals surface area contributed by atoms with Crippen LogP contribution in [0, 0.1) is 47.4 Å². The van der Waals surface area contributed by atoms with Crippen LogP contribution < -0.4 is 5.73 Å². The summed E-state index contributed by atoms with van der Waals surface area (Å²) in [5, 5.41) is 0. The van der Waals surface area contributed by atoms with Crippen molar-refractivity contribution in [3.05, 3.63) is 23.4 Å². The Morgan fingerprint density at radius 2 is 1.37 bits per heavy atom. The van der Waals surface area contributed by atoms with Gasteiger partial charge in [-0.25, -0.2) is 4.98 Å². The average Bonchev–Trinajstić information content (AvgIpc) is 2.68. The molecule has 1 aromatic rings. The van der Waals surface area contributed by atoms with Gasteiger partial charge in [-0.2, -0.15) is 0 Å². The van der Waals surface area contributed by atoms with Gasteiger partial charge in [-0.05, 0) is 48.5 Å². The Balaban J connectivity index is 2.56. The van der Waals surface area contributed by atoms with Gasteiger partial charge in [0, 0.05) is 24.6 Å². The minimum Gasteiger partial charge on any atom is -0.383 e. The van der Waals surface area contributed by atoms with Crippen LogP contribution >= 0.6 is 0 Å². The lowest BCUT2D eigenvalue weighted by Crippen LogP contribution is -1.95. The smallest absolute Gasteiger partial charge is 0.139 e. The average molecular weight is 359 g/mol. The largest absolute Gasteiger partial charge is 0.383 e. The van der Waals surface area contributed by atoms with E-state index in [1.54, 1.807) is 6.20 Å². The summed E-state index contributed by atoms with van der Waals surface area (Å²) in [5.41, 5.74) is 7.31. The predicted octanol–water partition coefficient (Wildman–Crippen LogP) is 5.31. The molecule has 1 rings (SSSR count). The molecule has 0 aliphatic heterocycles. The van der Waals surface area contributed by atoms with E-state index in [1.807, 2.05) is 6.07 Å². The fourth-order valence-electron chi connectivity index (χ4n) is 2.34. The van der Waals surface area contributed by atoms with E-state index in [4.69, 9.17) is 5.73 Å². The Morgan fingerprint density at radius 1 is 0.778 bits per heavy atom. The summed E-state index contributed by atoms with van der Waals surface area (Å²) in [6.07, 6.45) is 13.2. The number of rotatable bonds is 8. The summed E-state index contributed by atoms with van der Waals surface area (Å²) >= 11 is 0. The van der Waals surface area contributed by atoms with Crippen molar-refractivity contribution in [3.8, 4) is 47.4 Å². The standard InChI is InChI=1S/C25H30N2/c1-3-5-7-9-11-13-15-17-19-23-21-24(25(26)27-22-23)20-18-16-14-12-10-8-6-4-2/h21-22H,3-12H2,1-2H3,(H2,26,27). The summed E-state index contributed by atoms with van der Waals surface area (Å²) in [6, 6.07) is 1.84. The van der Waals surface area contributed by atoms with Crippen LogP contribution in [0.25, 0.3) is 0 Å². The molecule has 0 amide bonds. The Morgan fingerprint density at radius 3 is 1.96 bits per heavy atom.